The molecular weight excluding hydrogens is 138 g/mol. The second kappa shape index (κ2) is 6.31. The van der Waals surface area contributed by atoms with Crippen molar-refractivity contribution in [2.45, 2.75) is 13.8 Å². The molecule has 0 fully saturated rings. The average molecular weight is 157 g/mol. The molecule has 0 aromatic carbocycles. The Balaban J connectivity index is 3.31. The molecule has 0 radical (unpaired) electrons. The van der Waals surface area contributed by atoms with Gasteiger partial charge in [0, 0.05) is 25.3 Å². The van der Waals surface area contributed by atoms with Gasteiger partial charge in [0.1, 0.15) is 0 Å². The first-order chi connectivity index (χ1) is 5.16. The predicted molar refractivity (Wildman–Crippen MR) is 50.2 cm³/mol. The zero-order chi connectivity index (χ0) is 8.69. The molecule has 66 valence electrons. The molecule has 0 aromatic rings. The van der Waals surface area contributed by atoms with Gasteiger partial charge in [-0.1, -0.05) is 0 Å². The molecule has 0 heterocycles. The van der Waals surface area contributed by atoms with E-state index in [4.69, 9.17) is 5.73 Å². The van der Waals surface area contributed by atoms with E-state index in [2.05, 4.69) is 16.9 Å². The molecule has 3 heteroatoms. The summed E-state index contributed by atoms with van der Waals surface area (Å²) in [7, 11) is 2.06. The summed E-state index contributed by atoms with van der Waals surface area (Å²) in [6.07, 6.45) is 0. The number of likely N-dealkylation sites (N-methyl/N-ethyl adjacent to an activating group) is 1. The maximum atomic E-state index is 5.38. The monoisotopic (exact) mass is 157 g/mol. The predicted octanol–water partition coefficient (Wildman–Crippen LogP) is 0.358. The van der Waals surface area contributed by atoms with E-state index in [1.807, 2.05) is 13.8 Å². The van der Waals surface area contributed by atoms with Crippen LogP contribution >= 0.6 is 0 Å². The SMILES string of the molecule is CC(C)=NCCN(C)CCN. The molecule has 0 aliphatic heterocycles. The minimum absolute atomic E-state index is 0.728. The lowest BCUT2D eigenvalue weighted by Crippen LogP contribution is -2.27. The van der Waals surface area contributed by atoms with Gasteiger partial charge in [0.15, 0.2) is 0 Å². The van der Waals surface area contributed by atoms with Crippen molar-refractivity contribution >= 4 is 5.71 Å². The Morgan fingerprint density at radius 1 is 1.36 bits per heavy atom. The third-order valence-corrected chi connectivity index (χ3v) is 1.42. The summed E-state index contributed by atoms with van der Waals surface area (Å²) in [5.74, 6) is 0. The molecule has 0 rings (SSSR count). The van der Waals surface area contributed by atoms with E-state index < -0.39 is 0 Å². The summed E-state index contributed by atoms with van der Waals surface area (Å²) < 4.78 is 0. The highest BCUT2D eigenvalue weighted by Gasteiger charge is 1.93. The molecule has 11 heavy (non-hydrogen) atoms. The minimum atomic E-state index is 0.728. The van der Waals surface area contributed by atoms with E-state index in [1.165, 1.54) is 0 Å². The van der Waals surface area contributed by atoms with Crippen molar-refractivity contribution in [1.82, 2.24) is 4.90 Å². The highest BCUT2D eigenvalue weighted by Crippen LogP contribution is 1.82. The number of hydrogen-bond donors (Lipinski definition) is 1. The number of nitrogens with zero attached hydrogens (tertiary/aromatic N) is 2. The first-order valence-corrected chi connectivity index (χ1v) is 4.03. The van der Waals surface area contributed by atoms with Crippen LogP contribution in [0.2, 0.25) is 0 Å². The highest BCUT2D eigenvalue weighted by molar-refractivity contribution is 5.79. The van der Waals surface area contributed by atoms with Gasteiger partial charge in [-0.15, -0.1) is 0 Å². The Morgan fingerprint density at radius 2 is 2.00 bits per heavy atom. The molecule has 3 nitrogen and oxygen atoms in total. The fourth-order valence-corrected chi connectivity index (χ4v) is 0.777. The summed E-state index contributed by atoms with van der Waals surface area (Å²) in [5, 5.41) is 0. The van der Waals surface area contributed by atoms with Gasteiger partial charge in [-0.2, -0.15) is 0 Å². The lowest BCUT2D eigenvalue weighted by molar-refractivity contribution is 0.353. The van der Waals surface area contributed by atoms with E-state index in [9.17, 15) is 0 Å². The number of rotatable bonds is 5. The topological polar surface area (TPSA) is 41.6 Å². The van der Waals surface area contributed by atoms with Gasteiger partial charge in [-0.25, -0.2) is 0 Å². The van der Waals surface area contributed by atoms with Crippen molar-refractivity contribution < 1.29 is 0 Å². The largest absolute Gasteiger partial charge is 0.329 e. The van der Waals surface area contributed by atoms with Crippen LogP contribution in [0.25, 0.3) is 0 Å². The van der Waals surface area contributed by atoms with Crippen LogP contribution in [0, 0.1) is 0 Å². The summed E-state index contributed by atoms with van der Waals surface area (Å²) in [6.45, 7) is 7.61. The molecule has 0 bridgehead atoms. The third-order valence-electron chi connectivity index (χ3n) is 1.42. The highest BCUT2D eigenvalue weighted by atomic mass is 15.1. The second-order valence-corrected chi connectivity index (χ2v) is 2.92. The Labute approximate surface area is 69.3 Å². The summed E-state index contributed by atoms with van der Waals surface area (Å²) in [5.41, 5.74) is 6.53. The van der Waals surface area contributed by atoms with Crippen molar-refractivity contribution in [3.63, 3.8) is 0 Å². The summed E-state index contributed by atoms with van der Waals surface area (Å²) >= 11 is 0. The van der Waals surface area contributed by atoms with Gasteiger partial charge in [0.05, 0.1) is 6.54 Å². The van der Waals surface area contributed by atoms with Gasteiger partial charge in [-0.3, -0.25) is 4.99 Å². The van der Waals surface area contributed by atoms with Crippen molar-refractivity contribution in [1.29, 1.82) is 0 Å². The average Bonchev–Trinajstić information content (AvgIpc) is 1.87. The number of hydrogen-bond acceptors (Lipinski definition) is 3. The molecule has 0 aromatic heterocycles. The molecule has 0 aliphatic carbocycles. The maximum Gasteiger partial charge on any atom is 0.0515 e. The van der Waals surface area contributed by atoms with Crippen LogP contribution in [-0.2, 0) is 0 Å². The lowest BCUT2D eigenvalue weighted by atomic mass is 10.4. The molecule has 0 aliphatic rings. The zero-order valence-corrected chi connectivity index (χ0v) is 7.80. The molecule has 0 amide bonds. The molecular formula is C8H19N3. The van der Waals surface area contributed by atoms with Crippen molar-refractivity contribution in [3.05, 3.63) is 0 Å². The van der Waals surface area contributed by atoms with Crippen LogP contribution in [0.4, 0.5) is 0 Å². The Bertz CT molecular complexity index is 117. The van der Waals surface area contributed by atoms with Crippen LogP contribution in [0.1, 0.15) is 13.8 Å². The Kier molecular flexibility index (Phi) is 6.07. The first kappa shape index (κ1) is 10.6. The molecule has 0 saturated heterocycles. The minimum Gasteiger partial charge on any atom is -0.329 e. The fourth-order valence-electron chi connectivity index (χ4n) is 0.777. The van der Waals surface area contributed by atoms with Gasteiger partial charge in [0.2, 0.25) is 0 Å². The normalized spacial score (nSPS) is 10.3. The van der Waals surface area contributed by atoms with Crippen LogP contribution in [0.5, 0.6) is 0 Å². The molecule has 0 saturated carbocycles. The smallest absolute Gasteiger partial charge is 0.0515 e. The van der Waals surface area contributed by atoms with E-state index in [0.29, 0.717) is 0 Å². The fraction of sp³-hybridized carbons (Fsp3) is 0.875. The van der Waals surface area contributed by atoms with Gasteiger partial charge in [0.25, 0.3) is 0 Å². The van der Waals surface area contributed by atoms with Crippen LogP contribution in [0.3, 0.4) is 0 Å². The lowest BCUT2D eigenvalue weighted by Gasteiger charge is -2.13. The van der Waals surface area contributed by atoms with Crippen molar-refractivity contribution in [2.75, 3.05) is 33.2 Å². The Hall–Kier alpha value is -0.410. The molecule has 0 spiro atoms. The maximum absolute atomic E-state index is 5.38. The summed E-state index contributed by atoms with van der Waals surface area (Å²) in [4.78, 5) is 6.47. The first-order valence-electron chi connectivity index (χ1n) is 4.03. The number of aliphatic imine (C=N–C) groups is 1. The Morgan fingerprint density at radius 3 is 2.45 bits per heavy atom. The quantitative estimate of drug-likeness (QED) is 0.585. The van der Waals surface area contributed by atoms with Crippen LogP contribution in [0.15, 0.2) is 4.99 Å². The molecule has 2 N–H and O–H groups in total. The van der Waals surface area contributed by atoms with Crippen LogP contribution in [-0.4, -0.2) is 43.8 Å². The summed E-state index contributed by atoms with van der Waals surface area (Å²) in [6, 6.07) is 0. The van der Waals surface area contributed by atoms with Crippen LogP contribution < -0.4 is 5.73 Å². The molecule has 0 unspecified atom stereocenters. The zero-order valence-electron chi connectivity index (χ0n) is 7.80. The van der Waals surface area contributed by atoms with E-state index in [0.717, 1.165) is 31.9 Å². The van der Waals surface area contributed by atoms with E-state index >= 15 is 0 Å². The van der Waals surface area contributed by atoms with Gasteiger partial charge >= 0.3 is 0 Å². The van der Waals surface area contributed by atoms with Crippen molar-refractivity contribution in [3.8, 4) is 0 Å². The third kappa shape index (κ3) is 7.49. The van der Waals surface area contributed by atoms with Gasteiger partial charge < -0.3 is 10.6 Å². The van der Waals surface area contributed by atoms with E-state index in [-0.39, 0.29) is 0 Å². The van der Waals surface area contributed by atoms with Crippen molar-refractivity contribution in [2.24, 2.45) is 10.7 Å². The second-order valence-electron chi connectivity index (χ2n) is 2.92. The molecule has 0 atom stereocenters. The van der Waals surface area contributed by atoms with Gasteiger partial charge in [-0.05, 0) is 20.9 Å². The van der Waals surface area contributed by atoms with E-state index in [1.54, 1.807) is 0 Å². The number of nitrogens with two attached hydrogens (primary N) is 1. The standard InChI is InChI=1S/C8H19N3/c1-8(2)10-5-7-11(3)6-4-9/h4-7,9H2,1-3H3.